The van der Waals surface area contributed by atoms with Crippen molar-refractivity contribution in [2.45, 2.75) is 25.8 Å². The molecule has 2 heterocycles. The summed E-state index contributed by atoms with van der Waals surface area (Å²) in [7, 11) is 0. The van der Waals surface area contributed by atoms with Gasteiger partial charge in [-0.05, 0) is 49.6 Å². The maximum atomic E-state index is 13.3. The molecule has 5 heteroatoms. The number of likely N-dealkylation sites (tertiary alicyclic amines) is 1. The van der Waals surface area contributed by atoms with Gasteiger partial charge in [0.05, 0.1) is 0 Å². The highest BCUT2D eigenvalue weighted by Gasteiger charge is 2.34. The molecule has 2 aliphatic heterocycles. The fourth-order valence-electron chi connectivity index (χ4n) is 4.40. The number of ketones is 1. The summed E-state index contributed by atoms with van der Waals surface area (Å²) in [6, 6.07) is 17.8. The fourth-order valence-corrected chi connectivity index (χ4v) is 4.40. The highest BCUT2D eigenvalue weighted by molar-refractivity contribution is 5.94. The predicted octanol–water partition coefficient (Wildman–Crippen LogP) is 3.37. The monoisotopic (exact) mass is 391 g/mol. The number of piperazine rings is 1. The summed E-state index contributed by atoms with van der Waals surface area (Å²) in [5, 5.41) is 0. The molecule has 152 valence electrons. The Morgan fingerprint density at radius 3 is 2.00 bits per heavy atom. The van der Waals surface area contributed by atoms with Crippen LogP contribution in [0.4, 0.5) is 5.69 Å². The zero-order valence-electron chi connectivity index (χ0n) is 17.1. The van der Waals surface area contributed by atoms with Crippen LogP contribution in [0.1, 0.15) is 41.7 Å². The number of carbonyl (C=O) groups excluding carboxylic acids is 2. The normalized spacial score (nSPS) is 18.7. The molecule has 2 saturated heterocycles. The Kier molecular flexibility index (Phi) is 5.95. The van der Waals surface area contributed by atoms with E-state index < -0.39 is 0 Å². The summed E-state index contributed by atoms with van der Waals surface area (Å²) >= 11 is 0. The Labute approximate surface area is 172 Å². The first-order valence-corrected chi connectivity index (χ1v) is 10.6. The Morgan fingerprint density at radius 1 is 0.793 bits per heavy atom. The molecule has 0 N–H and O–H groups in total. The maximum absolute atomic E-state index is 13.3. The lowest BCUT2D eigenvalue weighted by Crippen LogP contribution is -2.51. The molecule has 2 aliphatic rings. The lowest BCUT2D eigenvalue weighted by Gasteiger charge is -2.40. The van der Waals surface area contributed by atoms with Crippen LogP contribution >= 0.6 is 0 Å². The van der Waals surface area contributed by atoms with Crippen LogP contribution in [0.25, 0.3) is 0 Å². The molecule has 0 radical (unpaired) electrons. The van der Waals surface area contributed by atoms with E-state index in [0.29, 0.717) is 0 Å². The van der Waals surface area contributed by atoms with Gasteiger partial charge in [0.2, 0.25) is 5.91 Å². The van der Waals surface area contributed by atoms with Gasteiger partial charge < -0.3 is 9.80 Å². The van der Waals surface area contributed by atoms with Gasteiger partial charge in [-0.15, -0.1) is 0 Å². The van der Waals surface area contributed by atoms with E-state index >= 15 is 0 Å². The molecule has 0 saturated carbocycles. The molecule has 1 atom stereocenters. The summed E-state index contributed by atoms with van der Waals surface area (Å²) in [5.74, 6) is 0.334. The van der Waals surface area contributed by atoms with E-state index in [0.717, 1.165) is 68.9 Å². The molecule has 0 bridgehead atoms. The first kappa shape index (κ1) is 19.6. The number of nitrogens with zero attached hydrogens (tertiary/aromatic N) is 3. The summed E-state index contributed by atoms with van der Waals surface area (Å²) in [5.41, 5.74) is 2.97. The molecule has 5 nitrogen and oxygen atoms in total. The second-order valence-corrected chi connectivity index (χ2v) is 7.97. The van der Waals surface area contributed by atoms with Crippen LogP contribution in [0.3, 0.4) is 0 Å². The van der Waals surface area contributed by atoms with Crippen molar-refractivity contribution in [3.05, 3.63) is 65.7 Å². The molecule has 2 aromatic rings. The molecule has 0 aliphatic carbocycles. The zero-order chi connectivity index (χ0) is 20.2. The van der Waals surface area contributed by atoms with Crippen molar-refractivity contribution in [3.63, 3.8) is 0 Å². The fraction of sp³-hybridized carbons (Fsp3) is 0.417. The average molecular weight is 392 g/mol. The van der Waals surface area contributed by atoms with Crippen molar-refractivity contribution in [1.29, 1.82) is 0 Å². The van der Waals surface area contributed by atoms with Gasteiger partial charge in [-0.2, -0.15) is 0 Å². The number of rotatable bonds is 5. The van der Waals surface area contributed by atoms with E-state index in [1.165, 1.54) is 0 Å². The minimum atomic E-state index is -0.198. The largest absolute Gasteiger partial charge is 0.369 e. The van der Waals surface area contributed by atoms with Gasteiger partial charge in [0.1, 0.15) is 6.04 Å². The first-order chi connectivity index (χ1) is 14.1. The number of hydrogen-bond acceptors (Lipinski definition) is 4. The molecule has 4 rings (SSSR count). The SMILES string of the molecule is CC(=O)c1ccc(N2CCN([C@@H](C(=O)N3CCCC3)c3ccccc3)CC2)cc1. The van der Waals surface area contributed by atoms with Gasteiger partial charge in [-0.1, -0.05) is 30.3 Å². The number of Topliss-reactive ketones (excluding diaryl/α,β-unsaturated/α-hetero) is 1. The van der Waals surface area contributed by atoms with Crippen LogP contribution in [0, 0.1) is 0 Å². The van der Waals surface area contributed by atoms with E-state index in [-0.39, 0.29) is 17.7 Å². The summed E-state index contributed by atoms with van der Waals surface area (Å²) in [6.07, 6.45) is 2.22. The Balaban J connectivity index is 1.47. The average Bonchev–Trinajstić information content (AvgIpc) is 3.30. The minimum absolute atomic E-state index is 0.0903. The lowest BCUT2D eigenvalue weighted by atomic mass is 10.0. The third kappa shape index (κ3) is 4.35. The number of carbonyl (C=O) groups is 2. The Hall–Kier alpha value is -2.66. The zero-order valence-corrected chi connectivity index (χ0v) is 17.1. The molecule has 0 unspecified atom stereocenters. The highest BCUT2D eigenvalue weighted by atomic mass is 16.2. The highest BCUT2D eigenvalue weighted by Crippen LogP contribution is 2.27. The maximum Gasteiger partial charge on any atom is 0.244 e. The van der Waals surface area contributed by atoms with Gasteiger partial charge in [0, 0.05) is 50.5 Å². The van der Waals surface area contributed by atoms with Crippen molar-refractivity contribution in [2.75, 3.05) is 44.2 Å². The Bertz CT molecular complexity index is 836. The second kappa shape index (κ2) is 8.78. The number of anilines is 1. The van der Waals surface area contributed by atoms with Crippen molar-refractivity contribution >= 4 is 17.4 Å². The topological polar surface area (TPSA) is 43.9 Å². The molecule has 29 heavy (non-hydrogen) atoms. The standard InChI is InChI=1S/C24H29N3O2/c1-19(28)20-9-11-22(12-10-20)25-15-17-26(18-16-25)23(21-7-3-2-4-8-21)24(29)27-13-5-6-14-27/h2-4,7-12,23H,5-6,13-18H2,1H3/t23-/m1/s1. The van der Waals surface area contributed by atoms with Gasteiger partial charge in [0.15, 0.2) is 5.78 Å². The quantitative estimate of drug-likeness (QED) is 0.733. The third-order valence-corrected chi connectivity index (χ3v) is 6.09. The van der Waals surface area contributed by atoms with Crippen molar-refractivity contribution < 1.29 is 9.59 Å². The molecule has 1 amide bonds. The summed E-state index contributed by atoms with van der Waals surface area (Å²) in [4.78, 5) is 31.5. The van der Waals surface area contributed by atoms with Gasteiger partial charge >= 0.3 is 0 Å². The molecule has 2 fully saturated rings. The van der Waals surface area contributed by atoms with Crippen LogP contribution in [-0.4, -0.2) is 60.8 Å². The van der Waals surface area contributed by atoms with E-state index in [4.69, 9.17) is 0 Å². The van der Waals surface area contributed by atoms with E-state index in [9.17, 15) is 9.59 Å². The molecular formula is C24H29N3O2. The van der Waals surface area contributed by atoms with Crippen molar-refractivity contribution in [3.8, 4) is 0 Å². The van der Waals surface area contributed by atoms with Gasteiger partial charge in [-0.3, -0.25) is 14.5 Å². The van der Waals surface area contributed by atoms with E-state index in [2.05, 4.69) is 21.9 Å². The number of amides is 1. The predicted molar refractivity (Wildman–Crippen MR) is 115 cm³/mol. The Morgan fingerprint density at radius 2 is 1.41 bits per heavy atom. The smallest absolute Gasteiger partial charge is 0.244 e. The van der Waals surface area contributed by atoms with Crippen molar-refractivity contribution in [1.82, 2.24) is 9.80 Å². The van der Waals surface area contributed by atoms with Crippen LogP contribution in [0.5, 0.6) is 0 Å². The van der Waals surface area contributed by atoms with Crippen LogP contribution in [-0.2, 0) is 4.79 Å². The van der Waals surface area contributed by atoms with E-state index in [1.54, 1.807) is 6.92 Å². The van der Waals surface area contributed by atoms with Crippen LogP contribution < -0.4 is 4.90 Å². The molecule has 2 aromatic carbocycles. The first-order valence-electron chi connectivity index (χ1n) is 10.6. The van der Waals surface area contributed by atoms with Crippen LogP contribution in [0.15, 0.2) is 54.6 Å². The molecule has 0 spiro atoms. The lowest BCUT2D eigenvalue weighted by molar-refractivity contribution is -0.136. The molecule has 0 aromatic heterocycles. The van der Waals surface area contributed by atoms with Crippen molar-refractivity contribution in [2.24, 2.45) is 0 Å². The van der Waals surface area contributed by atoms with Crippen LogP contribution in [0.2, 0.25) is 0 Å². The number of benzene rings is 2. The minimum Gasteiger partial charge on any atom is -0.369 e. The number of hydrogen-bond donors (Lipinski definition) is 0. The second-order valence-electron chi connectivity index (χ2n) is 7.97. The summed E-state index contributed by atoms with van der Waals surface area (Å²) in [6.45, 7) is 6.78. The van der Waals surface area contributed by atoms with Gasteiger partial charge in [-0.25, -0.2) is 0 Å². The molecular weight excluding hydrogens is 362 g/mol. The van der Waals surface area contributed by atoms with Gasteiger partial charge in [0.25, 0.3) is 0 Å². The third-order valence-electron chi connectivity index (χ3n) is 6.09. The van der Waals surface area contributed by atoms with E-state index in [1.807, 2.05) is 47.4 Å². The summed E-state index contributed by atoms with van der Waals surface area (Å²) < 4.78 is 0.